The van der Waals surface area contributed by atoms with Gasteiger partial charge in [0.2, 0.25) is 11.8 Å². The lowest BCUT2D eigenvalue weighted by Crippen LogP contribution is -2.42. The van der Waals surface area contributed by atoms with Crippen LogP contribution in [0.4, 0.5) is 17.1 Å². The molecule has 1 aliphatic heterocycles. The molecule has 0 radical (unpaired) electrons. The van der Waals surface area contributed by atoms with E-state index in [0.717, 1.165) is 12.8 Å². The van der Waals surface area contributed by atoms with Gasteiger partial charge in [0.25, 0.3) is 5.91 Å². The van der Waals surface area contributed by atoms with Gasteiger partial charge in [-0.25, -0.2) is 8.42 Å². The number of fused-ring (bicyclic) bond motifs is 1. The number of hydrogen-bond donors (Lipinski definition) is 2. The van der Waals surface area contributed by atoms with Crippen molar-refractivity contribution in [2.75, 3.05) is 27.8 Å². The smallest absolute Gasteiger partial charge is 0.258 e. The lowest BCUT2D eigenvalue weighted by molar-refractivity contribution is -0.116. The van der Waals surface area contributed by atoms with Gasteiger partial charge in [0, 0.05) is 17.7 Å². The molecule has 32 heavy (non-hydrogen) atoms. The van der Waals surface area contributed by atoms with Crippen molar-refractivity contribution in [3.05, 3.63) is 54.1 Å². The van der Waals surface area contributed by atoms with Crippen LogP contribution in [-0.4, -0.2) is 43.7 Å². The van der Waals surface area contributed by atoms with Gasteiger partial charge in [-0.3, -0.25) is 19.3 Å². The maximum atomic E-state index is 13.0. The molecule has 1 heterocycles. The van der Waals surface area contributed by atoms with E-state index in [0.29, 0.717) is 35.5 Å². The molecule has 2 aromatic rings. The summed E-state index contributed by atoms with van der Waals surface area (Å²) in [4.78, 5) is 38.6. The zero-order valence-electron chi connectivity index (χ0n) is 17.5. The fourth-order valence-electron chi connectivity index (χ4n) is 4.14. The minimum atomic E-state index is -3.25. The molecule has 0 atom stereocenters. The van der Waals surface area contributed by atoms with E-state index in [1.54, 1.807) is 48.5 Å². The second kappa shape index (κ2) is 9.12. The highest BCUT2D eigenvalue weighted by atomic mass is 32.2. The number of carbonyl (C=O) groups is 3. The predicted molar refractivity (Wildman–Crippen MR) is 122 cm³/mol. The zero-order valence-corrected chi connectivity index (χ0v) is 18.4. The number of sulfone groups is 1. The summed E-state index contributed by atoms with van der Waals surface area (Å²) in [5, 5.41) is 5.11. The Morgan fingerprint density at radius 2 is 1.72 bits per heavy atom. The average molecular weight is 456 g/mol. The van der Waals surface area contributed by atoms with Crippen molar-refractivity contribution in [3.8, 4) is 0 Å². The van der Waals surface area contributed by atoms with Crippen molar-refractivity contribution in [3.63, 3.8) is 0 Å². The van der Waals surface area contributed by atoms with Crippen LogP contribution in [0.15, 0.2) is 48.5 Å². The molecule has 0 unspecified atom stereocenters. The molecule has 0 spiro atoms. The van der Waals surface area contributed by atoms with Gasteiger partial charge in [-0.1, -0.05) is 25.0 Å². The molecular weight excluding hydrogens is 430 g/mol. The Hall–Kier alpha value is -3.20. The molecule has 0 aromatic heterocycles. The van der Waals surface area contributed by atoms with E-state index in [1.165, 1.54) is 4.90 Å². The number of hydrogen-bond acceptors (Lipinski definition) is 5. The first-order valence-corrected chi connectivity index (χ1v) is 12.4. The third-order valence-corrected chi connectivity index (χ3v) is 8.12. The van der Waals surface area contributed by atoms with Crippen LogP contribution in [0.2, 0.25) is 0 Å². The summed E-state index contributed by atoms with van der Waals surface area (Å²) in [5.74, 6) is -1.13. The van der Waals surface area contributed by atoms with Gasteiger partial charge in [-0.2, -0.15) is 0 Å². The van der Waals surface area contributed by atoms with Gasteiger partial charge in [0.15, 0.2) is 9.84 Å². The molecule has 1 fully saturated rings. The minimum absolute atomic E-state index is 0.0796. The Morgan fingerprint density at radius 3 is 2.44 bits per heavy atom. The minimum Gasteiger partial charge on any atom is -0.326 e. The maximum absolute atomic E-state index is 13.0. The summed E-state index contributed by atoms with van der Waals surface area (Å²) in [6.07, 6.45) is 3.12. The lowest BCUT2D eigenvalue weighted by Gasteiger charge is -2.29. The van der Waals surface area contributed by atoms with E-state index in [4.69, 9.17) is 0 Å². The van der Waals surface area contributed by atoms with Gasteiger partial charge < -0.3 is 10.6 Å². The normalized spacial score (nSPS) is 16.4. The number of carbonyl (C=O) groups excluding carboxylic acids is 3. The number of anilines is 3. The van der Waals surface area contributed by atoms with Crippen LogP contribution in [0.3, 0.4) is 0 Å². The van der Waals surface area contributed by atoms with Crippen molar-refractivity contribution in [1.29, 1.82) is 0 Å². The van der Waals surface area contributed by atoms with Crippen molar-refractivity contribution in [2.45, 2.75) is 37.4 Å². The van der Waals surface area contributed by atoms with Gasteiger partial charge in [-0.15, -0.1) is 0 Å². The summed E-state index contributed by atoms with van der Waals surface area (Å²) in [6.45, 7) is -0.0796. The van der Waals surface area contributed by atoms with E-state index in [2.05, 4.69) is 10.6 Å². The number of amides is 3. The van der Waals surface area contributed by atoms with Crippen LogP contribution < -0.4 is 15.5 Å². The third-order valence-electron chi connectivity index (χ3n) is 5.86. The molecule has 1 saturated carbocycles. The number of nitrogens with one attached hydrogen (secondary N) is 2. The Bertz CT molecular complexity index is 1140. The van der Waals surface area contributed by atoms with E-state index < -0.39 is 9.84 Å². The molecule has 8 nitrogen and oxygen atoms in total. The number of para-hydroxylation sites is 2. The fourth-order valence-corrected chi connectivity index (χ4v) is 5.99. The first-order chi connectivity index (χ1) is 15.3. The number of rotatable bonds is 6. The SMILES string of the molecule is O=C(CCS(=O)(=O)C1CCCC1)Nc1ccc(C(=O)N2CC(=O)Nc3ccccc32)cc1. The molecule has 3 amide bonds. The molecule has 2 aromatic carbocycles. The van der Waals surface area contributed by atoms with Crippen LogP contribution in [0.1, 0.15) is 42.5 Å². The number of nitrogens with zero attached hydrogens (tertiary/aromatic N) is 1. The van der Waals surface area contributed by atoms with Crippen LogP contribution in [0.5, 0.6) is 0 Å². The Labute approximate surface area is 186 Å². The van der Waals surface area contributed by atoms with E-state index >= 15 is 0 Å². The van der Waals surface area contributed by atoms with Crippen LogP contribution in [-0.2, 0) is 19.4 Å². The summed E-state index contributed by atoms with van der Waals surface area (Å²) in [6, 6.07) is 13.4. The molecule has 0 saturated heterocycles. The van der Waals surface area contributed by atoms with Crippen LogP contribution >= 0.6 is 0 Å². The second-order valence-electron chi connectivity index (χ2n) is 8.11. The van der Waals surface area contributed by atoms with Crippen molar-refractivity contribution < 1.29 is 22.8 Å². The third kappa shape index (κ3) is 4.83. The Balaban J connectivity index is 1.37. The largest absolute Gasteiger partial charge is 0.326 e. The highest BCUT2D eigenvalue weighted by molar-refractivity contribution is 7.92. The van der Waals surface area contributed by atoms with Gasteiger partial charge in [0.1, 0.15) is 6.54 Å². The molecule has 168 valence electrons. The molecule has 0 bridgehead atoms. The molecule has 9 heteroatoms. The van der Waals surface area contributed by atoms with Crippen molar-refractivity contribution in [1.82, 2.24) is 0 Å². The zero-order chi connectivity index (χ0) is 22.7. The van der Waals surface area contributed by atoms with Crippen molar-refractivity contribution >= 4 is 44.6 Å². The molecule has 1 aliphatic carbocycles. The Morgan fingerprint density at radius 1 is 1.03 bits per heavy atom. The summed E-state index contributed by atoms with van der Waals surface area (Å²) in [7, 11) is -3.25. The van der Waals surface area contributed by atoms with Gasteiger partial charge in [0.05, 0.1) is 22.4 Å². The average Bonchev–Trinajstić information content (AvgIpc) is 3.33. The molecule has 2 N–H and O–H groups in total. The Kier molecular flexibility index (Phi) is 6.27. The highest BCUT2D eigenvalue weighted by Crippen LogP contribution is 2.30. The summed E-state index contributed by atoms with van der Waals surface area (Å²) >= 11 is 0. The maximum Gasteiger partial charge on any atom is 0.258 e. The quantitative estimate of drug-likeness (QED) is 0.695. The van der Waals surface area contributed by atoms with Gasteiger partial charge in [-0.05, 0) is 49.2 Å². The molecule has 4 rings (SSSR count). The number of benzene rings is 2. The monoisotopic (exact) mass is 455 g/mol. The molecular formula is C23H25N3O5S. The van der Waals surface area contributed by atoms with E-state index in [1.807, 2.05) is 0 Å². The standard InChI is InChI=1S/C23H25N3O5S/c27-21(13-14-32(30,31)18-5-1-2-6-18)24-17-11-9-16(10-12-17)23(29)26-15-22(28)25-19-7-3-4-8-20(19)26/h3-4,7-12,18H,1-2,5-6,13-15H2,(H,24,27)(H,25,28). The predicted octanol–water partition coefficient (Wildman–Crippen LogP) is 2.97. The lowest BCUT2D eigenvalue weighted by atomic mass is 10.1. The first kappa shape index (κ1) is 22.0. The second-order valence-corrected chi connectivity index (χ2v) is 10.5. The topological polar surface area (TPSA) is 113 Å². The first-order valence-electron chi connectivity index (χ1n) is 10.7. The van der Waals surface area contributed by atoms with Crippen LogP contribution in [0.25, 0.3) is 0 Å². The van der Waals surface area contributed by atoms with E-state index in [9.17, 15) is 22.8 Å². The highest BCUT2D eigenvalue weighted by Gasteiger charge is 2.29. The summed E-state index contributed by atoms with van der Waals surface area (Å²) in [5.41, 5.74) is 2.05. The molecule has 2 aliphatic rings. The van der Waals surface area contributed by atoms with Gasteiger partial charge >= 0.3 is 0 Å². The fraction of sp³-hybridized carbons (Fsp3) is 0.348. The van der Waals surface area contributed by atoms with Crippen LogP contribution in [0, 0.1) is 0 Å². The summed E-state index contributed by atoms with van der Waals surface area (Å²) < 4.78 is 24.6. The van der Waals surface area contributed by atoms with Crippen molar-refractivity contribution in [2.24, 2.45) is 0 Å². The van der Waals surface area contributed by atoms with E-state index in [-0.39, 0.29) is 41.7 Å².